The van der Waals surface area contributed by atoms with E-state index in [9.17, 15) is 29.8 Å². The molecule has 0 aliphatic heterocycles. The molecule has 2 rings (SSSR count). The fourth-order valence-corrected chi connectivity index (χ4v) is 3.16. The van der Waals surface area contributed by atoms with E-state index in [0.29, 0.717) is 12.8 Å². The second-order valence-electron chi connectivity index (χ2n) is 6.32. The van der Waals surface area contributed by atoms with Gasteiger partial charge in [-0.1, -0.05) is 19.3 Å². The van der Waals surface area contributed by atoms with Gasteiger partial charge in [0, 0.05) is 13.1 Å². The highest BCUT2D eigenvalue weighted by atomic mass is 16.6. The standard InChI is InChI=1S/C16H19N5O5/c1-19(16(10-17)5-3-2-4-6-16)13(22)9-20-8-11(21(25)26)7-12(14(18)23)15(20)24/h7-8H,2-6,9H2,1H3,(H2,18,23). The Bertz CT molecular complexity index is 848. The van der Waals surface area contributed by atoms with E-state index >= 15 is 0 Å². The van der Waals surface area contributed by atoms with E-state index < -0.39 is 45.6 Å². The Morgan fingerprint density at radius 2 is 2.04 bits per heavy atom. The molecule has 0 spiro atoms. The molecular formula is C16H19N5O5. The van der Waals surface area contributed by atoms with Crippen molar-refractivity contribution < 1.29 is 14.5 Å². The van der Waals surface area contributed by atoms with Gasteiger partial charge >= 0.3 is 0 Å². The normalized spacial score (nSPS) is 15.7. The van der Waals surface area contributed by atoms with Crippen LogP contribution in [0.5, 0.6) is 0 Å². The van der Waals surface area contributed by atoms with Gasteiger partial charge in [0.2, 0.25) is 5.91 Å². The highest BCUT2D eigenvalue weighted by molar-refractivity contribution is 5.93. The predicted octanol–water partition coefficient (Wildman–Crippen LogP) is 0.540. The predicted molar refractivity (Wildman–Crippen MR) is 90.1 cm³/mol. The van der Waals surface area contributed by atoms with Crippen molar-refractivity contribution >= 4 is 17.5 Å². The topological polar surface area (TPSA) is 152 Å². The molecule has 0 bridgehead atoms. The van der Waals surface area contributed by atoms with Crippen molar-refractivity contribution in [2.45, 2.75) is 44.2 Å². The molecule has 0 unspecified atom stereocenters. The van der Waals surface area contributed by atoms with Crippen LogP contribution < -0.4 is 11.3 Å². The van der Waals surface area contributed by atoms with Crippen molar-refractivity contribution in [1.82, 2.24) is 9.47 Å². The van der Waals surface area contributed by atoms with Crippen LogP contribution in [0.4, 0.5) is 5.69 Å². The van der Waals surface area contributed by atoms with Gasteiger partial charge in [-0.3, -0.25) is 29.1 Å². The van der Waals surface area contributed by atoms with Gasteiger partial charge in [-0.15, -0.1) is 0 Å². The molecule has 26 heavy (non-hydrogen) atoms. The number of nitrogens with two attached hydrogens (primary N) is 1. The number of rotatable bonds is 5. The number of hydrogen-bond acceptors (Lipinski definition) is 6. The Morgan fingerprint density at radius 3 is 2.54 bits per heavy atom. The van der Waals surface area contributed by atoms with Crippen LogP contribution >= 0.6 is 0 Å². The lowest BCUT2D eigenvalue weighted by atomic mass is 9.81. The van der Waals surface area contributed by atoms with Crippen LogP contribution in [0, 0.1) is 21.4 Å². The summed E-state index contributed by atoms with van der Waals surface area (Å²) in [6, 6.07) is 2.98. The molecule has 1 heterocycles. The fourth-order valence-electron chi connectivity index (χ4n) is 3.16. The molecule has 138 valence electrons. The summed E-state index contributed by atoms with van der Waals surface area (Å²) in [5, 5.41) is 20.6. The van der Waals surface area contributed by atoms with E-state index in [0.717, 1.165) is 36.1 Å². The van der Waals surface area contributed by atoms with E-state index in [1.54, 1.807) is 0 Å². The van der Waals surface area contributed by atoms with Crippen LogP contribution in [0.25, 0.3) is 0 Å². The summed E-state index contributed by atoms with van der Waals surface area (Å²) in [4.78, 5) is 47.8. The lowest BCUT2D eigenvalue weighted by molar-refractivity contribution is -0.385. The van der Waals surface area contributed by atoms with Gasteiger partial charge in [0.15, 0.2) is 0 Å². The van der Waals surface area contributed by atoms with Gasteiger partial charge in [-0.2, -0.15) is 5.26 Å². The maximum atomic E-state index is 12.6. The maximum Gasteiger partial charge on any atom is 0.286 e. The number of hydrogen-bond donors (Lipinski definition) is 1. The van der Waals surface area contributed by atoms with Crippen LogP contribution in [0.15, 0.2) is 17.1 Å². The molecule has 10 heteroatoms. The number of nitro groups is 1. The first-order valence-electron chi connectivity index (χ1n) is 8.08. The Labute approximate surface area is 148 Å². The lowest BCUT2D eigenvalue weighted by Gasteiger charge is -2.39. The van der Waals surface area contributed by atoms with E-state index in [4.69, 9.17) is 5.73 Å². The Hall–Kier alpha value is -3.22. The molecule has 1 aromatic heterocycles. The van der Waals surface area contributed by atoms with Gasteiger partial charge < -0.3 is 10.6 Å². The molecule has 1 fully saturated rings. The van der Waals surface area contributed by atoms with Gasteiger partial charge in [0.1, 0.15) is 17.6 Å². The Kier molecular flexibility index (Phi) is 5.40. The number of nitrogens with zero attached hydrogens (tertiary/aromatic N) is 4. The van der Waals surface area contributed by atoms with E-state index in [2.05, 4.69) is 6.07 Å². The quantitative estimate of drug-likeness (QED) is 0.596. The number of likely N-dealkylation sites (N-methyl/N-ethyl adjacent to an activating group) is 1. The lowest BCUT2D eigenvalue weighted by Crippen LogP contribution is -2.51. The number of amides is 2. The van der Waals surface area contributed by atoms with Crippen molar-refractivity contribution in [3.8, 4) is 6.07 Å². The molecule has 0 atom stereocenters. The third kappa shape index (κ3) is 3.56. The zero-order valence-corrected chi connectivity index (χ0v) is 14.3. The molecule has 1 aliphatic carbocycles. The summed E-state index contributed by atoms with van der Waals surface area (Å²) in [6.07, 6.45) is 4.56. The molecule has 0 radical (unpaired) electrons. The highest BCUT2D eigenvalue weighted by Crippen LogP contribution is 2.32. The number of carbonyl (C=O) groups excluding carboxylic acids is 2. The molecule has 2 amide bonds. The molecular weight excluding hydrogens is 342 g/mol. The van der Waals surface area contributed by atoms with Gasteiger partial charge in [-0.25, -0.2) is 0 Å². The summed E-state index contributed by atoms with van der Waals surface area (Å²) in [6.45, 7) is -0.527. The number of pyridine rings is 1. The summed E-state index contributed by atoms with van der Waals surface area (Å²) in [7, 11) is 1.48. The first kappa shape index (κ1) is 19.1. The third-order valence-electron chi connectivity index (χ3n) is 4.76. The fraction of sp³-hybridized carbons (Fsp3) is 0.500. The molecule has 2 N–H and O–H groups in total. The summed E-state index contributed by atoms with van der Waals surface area (Å²) < 4.78 is 0.783. The van der Waals surface area contributed by atoms with E-state index in [-0.39, 0.29) is 0 Å². The third-order valence-corrected chi connectivity index (χ3v) is 4.76. The number of aromatic nitrogens is 1. The van der Waals surface area contributed by atoms with Crippen molar-refractivity contribution in [3.05, 3.63) is 38.3 Å². The first-order valence-corrected chi connectivity index (χ1v) is 8.08. The van der Waals surface area contributed by atoms with Crippen molar-refractivity contribution in [2.75, 3.05) is 7.05 Å². The zero-order valence-electron chi connectivity index (χ0n) is 14.3. The molecule has 0 saturated heterocycles. The van der Waals surface area contributed by atoms with Crippen LogP contribution in [0.1, 0.15) is 42.5 Å². The van der Waals surface area contributed by atoms with Crippen molar-refractivity contribution in [1.29, 1.82) is 5.26 Å². The number of primary amides is 1. The van der Waals surface area contributed by atoms with Crippen LogP contribution in [-0.2, 0) is 11.3 Å². The largest absolute Gasteiger partial charge is 0.365 e. The molecule has 0 aromatic carbocycles. The highest BCUT2D eigenvalue weighted by Gasteiger charge is 2.38. The van der Waals surface area contributed by atoms with Crippen LogP contribution in [0.3, 0.4) is 0 Å². The Morgan fingerprint density at radius 1 is 1.42 bits per heavy atom. The molecule has 1 saturated carbocycles. The molecule has 1 aliphatic rings. The number of nitriles is 1. The summed E-state index contributed by atoms with van der Waals surface area (Å²) in [5.41, 5.74) is 2.15. The smallest absolute Gasteiger partial charge is 0.286 e. The summed E-state index contributed by atoms with van der Waals surface area (Å²) in [5.74, 6) is -1.67. The minimum atomic E-state index is -1.12. The second kappa shape index (κ2) is 7.35. The minimum absolute atomic E-state index is 0.526. The first-order chi connectivity index (χ1) is 12.2. The zero-order chi connectivity index (χ0) is 19.5. The van der Waals surface area contributed by atoms with Crippen molar-refractivity contribution in [3.63, 3.8) is 0 Å². The van der Waals surface area contributed by atoms with E-state index in [1.807, 2.05) is 0 Å². The summed E-state index contributed by atoms with van der Waals surface area (Å²) >= 11 is 0. The van der Waals surface area contributed by atoms with Crippen LogP contribution in [0.2, 0.25) is 0 Å². The van der Waals surface area contributed by atoms with Gasteiger partial charge in [-0.05, 0) is 12.8 Å². The number of carbonyl (C=O) groups is 2. The maximum absolute atomic E-state index is 12.6. The Balaban J connectivity index is 2.36. The van der Waals surface area contributed by atoms with Crippen molar-refractivity contribution in [2.24, 2.45) is 5.73 Å². The molecule has 10 nitrogen and oxygen atoms in total. The molecule has 1 aromatic rings. The van der Waals surface area contributed by atoms with Gasteiger partial charge in [0.25, 0.3) is 17.2 Å². The minimum Gasteiger partial charge on any atom is -0.365 e. The monoisotopic (exact) mass is 361 g/mol. The SMILES string of the molecule is CN(C(=O)Cn1cc([N+](=O)[O-])cc(C(N)=O)c1=O)C1(C#N)CCCCC1. The van der Waals surface area contributed by atoms with Gasteiger partial charge in [0.05, 0.1) is 17.2 Å². The average molecular weight is 361 g/mol. The second-order valence-corrected chi connectivity index (χ2v) is 6.32. The average Bonchev–Trinajstić information content (AvgIpc) is 2.62. The van der Waals surface area contributed by atoms with E-state index in [1.165, 1.54) is 11.9 Å². The van der Waals surface area contributed by atoms with Crippen LogP contribution in [-0.4, -0.2) is 38.8 Å².